The molecule has 2 unspecified atom stereocenters. The Balaban J connectivity index is 2.12. The molecule has 0 spiro atoms. The highest BCUT2D eigenvalue weighted by atomic mass is 16.5. The van der Waals surface area contributed by atoms with Crippen LogP contribution in [0, 0.1) is 6.92 Å². The normalized spacial score (nSPS) is 20.6. The SMILES string of the molecule is COc1ccc(-c2nc3n(c2C)C(C)C(N)CC3)c(OC)c1. The first kappa shape index (κ1) is 14.9. The molecular weight excluding hydrogens is 278 g/mol. The smallest absolute Gasteiger partial charge is 0.132 e. The van der Waals surface area contributed by atoms with Gasteiger partial charge in [0.25, 0.3) is 0 Å². The van der Waals surface area contributed by atoms with Crippen molar-refractivity contribution in [2.45, 2.75) is 38.8 Å². The molecule has 5 heteroatoms. The van der Waals surface area contributed by atoms with Gasteiger partial charge in [-0.05, 0) is 32.4 Å². The second kappa shape index (κ2) is 5.65. The molecule has 2 N–H and O–H groups in total. The van der Waals surface area contributed by atoms with E-state index in [1.54, 1.807) is 14.2 Å². The summed E-state index contributed by atoms with van der Waals surface area (Å²) in [5.74, 6) is 2.66. The molecule has 0 amide bonds. The van der Waals surface area contributed by atoms with Crippen LogP contribution in [-0.2, 0) is 6.42 Å². The number of fused-ring (bicyclic) bond motifs is 1. The van der Waals surface area contributed by atoms with Gasteiger partial charge in [-0.1, -0.05) is 0 Å². The fraction of sp³-hybridized carbons (Fsp3) is 0.471. The molecule has 0 bridgehead atoms. The van der Waals surface area contributed by atoms with Crippen LogP contribution in [0.25, 0.3) is 11.3 Å². The third kappa shape index (κ3) is 2.25. The predicted octanol–water partition coefficient (Wildman–Crippen LogP) is 2.71. The number of hydrogen-bond acceptors (Lipinski definition) is 4. The van der Waals surface area contributed by atoms with Gasteiger partial charge < -0.3 is 19.8 Å². The van der Waals surface area contributed by atoms with Crippen LogP contribution in [0.5, 0.6) is 11.5 Å². The molecule has 22 heavy (non-hydrogen) atoms. The number of methoxy groups -OCH3 is 2. The van der Waals surface area contributed by atoms with E-state index < -0.39 is 0 Å². The first-order valence-corrected chi connectivity index (χ1v) is 7.62. The third-order valence-electron chi connectivity index (χ3n) is 4.61. The fourth-order valence-corrected chi connectivity index (χ4v) is 3.27. The first-order chi connectivity index (χ1) is 10.6. The molecule has 1 aliphatic heterocycles. The van der Waals surface area contributed by atoms with Crippen LogP contribution in [0.4, 0.5) is 0 Å². The summed E-state index contributed by atoms with van der Waals surface area (Å²) in [6.07, 6.45) is 1.90. The molecule has 2 aromatic rings. The second-order valence-corrected chi connectivity index (χ2v) is 5.84. The molecule has 0 aliphatic carbocycles. The lowest BCUT2D eigenvalue weighted by Crippen LogP contribution is -2.36. The average molecular weight is 301 g/mol. The van der Waals surface area contributed by atoms with Crippen molar-refractivity contribution in [2.24, 2.45) is 5.73 Å². The molecule has 1 aromatic carbocycles. The number of nitrogens with two attached hydrogens (primary N) is 1. The lowest BCUT2D eigenvalue weighted by molar-refractivity contribution is 0.363. The summed E-state index contributed by atoms with van der Waals surface area (Å²) in [7, 11) is 3.32. The Morgan fingerprint density at radius 3 is 2.73 bits per heavy atom. The fourth-order valence-electron chi connectivity index (χ4n) is 3.27. The van der Waals surface area contributed by atoms with Crippen LogP contribution >= 0.6 is 0 Å². The van der Waals surface area contributed by atoms with Crippen LogP contribution in [0.3, 0.4) is 0 Å². The lowest BCUT2D eigenvalue weighted by Gasteiger charge is -2.29. The van der Waals surface area contributed by atoms with Crippen LogP contribution < -0.4 is 15.2 Å². The Bertz CT molecular complexity index is 693. The lowest BCUT2D eigenvalue weighted by atomic mass is 10.0. The summed E-state index contributed by atoms with van der Waals surface area (Å²) >= 11 is 0. The van der Waals surface area contributed by atoms with Crippen molar-refractivity contribution in [3.05, 3.63) is 29.7 Å². The molecule has 5 nitrogen and oxygen atoms in total. The maximum absolute atomic E-state index is 6.21. The van der Waals surface area contributed by atoms with E-state index in [4.69, 9.17) is 20.2 Å². The molecular formula is C17H23N3O2. The van der Waals surface area contributed by atoms with E-state index in [2.05, 4.69) is 18.4 Å². The zero-order valence-corrected chi connectivity index (χ0v) is 13.6. The van der Waals surface area contributed by atoms with Gasteiger partial charge in [0.2, 0.25) is 0 Å². The summed E-state index contributed by atoms with van der Waals surface area (Å²) in [5, 5.41) is 0. The molecule has 2 atom stereocenters. The Kier molecular flexibility index (Phi) is 3.83. The quantitative estimate of drug-likeness (QED) is 0.947. The Morgan fingerprint density at radius 2 is 2.05 bits per heavy atom. The van der Waals surface area contributed by atoms with Gasteiger partial charge in [0.05, 0.1) is 19.9 Å². The van der Waals surface area contributed by atoms with E-state index in [9.17, 15) is 0 Å². The summed E-state index contributed by atoms with van der Waals surface area (Å²) < 4.78 is 13.1. The number of aromatic nitrogens is 2. The maximum Gasteiger partial charge on any atom is 0.132 e. The van der Waals surface area contributed by atoms with Crippen molar-refractivity contribution in [1.82, 2.24) is 9.55 Å². The van der Waals surface area contributed by atoms with Crippen LogP contribution in [-0.4, -0.2) is 29.8 Å². The van der Waals surface area contributed by atoms with Gasteiger partial charge in [0, 0.05) is 35.8 Å². The summed E-state index contributed by atoms with van der Waals surface area (Å²) in [4.78, 5) is 4.86. The zero-order valence-electron chi connectivity index (χ0n) is 13.6. The zero-order chi connectivity index (χ0) is 15.9. The minimum Gasteiger partial charge on any atom is -0.497 e. The topological polar surface area (TPSA) is 62.3 Å². The molecule has 0 saturated heterocycles. The maximum atomic E-state index is 6.21. The minimum atomic E-state index is 0.186. The number of imidazole rings is 1. The Labute approximate surface area is 131 Å². The van der Waals surface area contributed by atoms with Gasteiger partial charge in [0.15, 0.2) is 0 Å². The van der Waals surface area contributed by atoms with Gasteiger partial charge in [-0.2, -0.15) is 0 Å². The van der Waals surface area contributed by atoms with Crippen molar-refractivity contribution >= 4 is 0 Å². The van der Waals surface area contributed by atoms with Gasteiger partial charge >= 0.3 is 0 Å². The van der Waals surface area contributed by atoms with Crippen molar-refractivity contribution < 1.29 is 9.47 Å². The van der Waals surface area contributed by atoms with E-state index in [0.717, 1.165) is 47.1 Å². The average Bonchev–Trinajstić information content (AvgIpc) is 2.87. The van der Waals surface area contributed by atoms with Gasteiger partial charge in [-0.15, -0.1) is 0 Å². The molecule has 2 heterocycles. The van der Waals surface area contributed by atoms with Gasteiger partial charge in [0.1, 0.15) is 17.3 Å². The van der Waals surface area contributed by atoms with E-state index in [1.165, 1.54) is 0 Å². The molecule has 1 aromatic heterocycles. The molecule has 0 saturated carbocycles. The molecule has 0 fully saturated rings. The number of hydrogen-bond donors (Lipinski definition) is 1. The van der Waals surface area contributed by atoms with E-state index in [-0.39, 0.29) is 12.1 Å². The molecule has 0 radical (unpaired) electrons. The predicted molar refractivity (Wildman–Crippen MR) is 86.5 cm³/mol. The van der Waals surface area contributed by atoms with Crippen LogP contribution in [0.2, 0.25) is 0 Å². The Hall–Kier alpha value is -2.01. The number of rotatable bonds is 3. The van der Waals surface area contributed by atoms with Crippen molar-refractivity contribution in [2.75, 3.05) is 14.2 Å². The number of nitrogens with zero attached hydrogens (tertiary/aromatic N) is 2. The van der Waals surface area contributed by atoms with E-state index >= 15 is 0 Å². The largest absolute Gasteiger partial charge is 0.497 e. The summed E-state index contributed by atoms with van der Waals surface area (Å²) in [5.41, 5.74) is 9.31. The van der Waals surface area contributed by atoms with Crippen molar-refractivity contribution in [3.63, 3.8) is 0 Å². The van der Waals surface area contributed by atoms with E-state index in [1.807, 2.05) is 18.2 Å². The first-order valence-electron chi connectivity index (χ1n) is 7.62. The number of benzene rings is 1. The van der Waals surface area contributed by atoms with Crippen molar-refractivity contribution in [3.8, 4) is 22.8 Å². The highest BCUT2D eigenvalue weighted by Gasteiger charge is 2.28. The van der Waals surface area contributed by atoms with Crippen LogP contribution in [0.1, 0.15) is 30.9 Å². The highest BCUT2D eigenvalue weighted by molar-refractivity contribution is 5.71. The van der Waals surface area contributed by atoms with Crippen LogP contribution in [0.15, 0.2) is 18.2 Å². The summed E-state index contributed by atoms with van der Waals surface area (Å²) in [6.45, 7) is 4.26. The number of aryl methyl sites for hydroxylation is 1. The number of ether oxygens (including phenoxy) is 2. The molecule has 3 rings (SSSR count). The summed E-state index contributed by atoms with van der Waals surface area (Å²) in [6, 6.07) is 6.29. The third-order valence-corrected chi connectivity index (χ3v) is 4.61. The van der Waals surface area contributed by atoms with E-state index in [0.29, 0.717) is 0 Å². The van der Waals surface area contributed by atoms with Crippen molar-refractivity contribution in [1.29, 1.82) is 0 Å². The van der Waals surface area contributed by atoms with Gasteiger partial charge in [-0.3, -0.25) is 0 Å². The standard InChI is InChI=1S/C17H23N3O2/c1-10-14(18)7-8-16-19-17(11(2)20(10)16)13-6-5-12(21-3)9-15(13)22-4/h5-6,9-10,14H,7-8,18H2,1-4H3. The Morgan fingerprint density at radius 1 is 1.27 bits per heavy atom. The molecule has 1 aliphatic rings. The minimum absolute atomic E-state index is 0.186. The highest BCUT2D eigenvalue weighted by Crippen LogP contribution is 2.37. The van der Waals surface area contributed by atoms with Gasteiger partial charge in [-0.25, -0.2) is 4.98 Å². The monoisotopic (exact) mass is 301 g/mol. The molecule has 118 valence electrons. The second-order valence-electron chi connectivity index (χ2n) is 5.84.